The maximum Gasteiger partial charge on any atom is 0.320 e. The summed E-state index contributed by atoms with van der Waals surface area (Å²) in [6.45, 7) is 7.32. The van der Waals surface area contributed by atoms with E-state index in [0.717, 1.165) is 0 Å². The number of carbonyl (C=O) groups is 2. The van der Waals surface area contributed by atoms with E-state index in [4.69, 9.17) is 4.74 Å². The van der Waals surface area contributed by atoms with Crippen LogP contribution >= 0.6 is 0 Å². The zero-order valence-corrected chi connectivity index (χ0v) is 10.6. The van der Waals surface area contributed by atoms with E-state index in [1.165, 1.54) is 7.11 Å². The lowest BCUT2D eigenvalue weighted by Gasteiger charge is -2.20. The van der Waals surface area contributed by atoms with Gasteiger partial charge in [0.1, 0.15) is 5.60 Å². The summed E-state index contributed by atoms with van der Waals surface area (Å²) in [6, 6.07) is -0.111. The van der Waals surface area contributed by atoms with Gasteiger partial charge in [-0.1, -0.05) is 0 Å². The summed E-state index contributed by atoms with van der Waals surface area (Å²) in [5, 5.41) is 2.89. The molecule has 0 bridgehead atoms. The van der Waals surface area contributed by atoms with Crippen LogP contribution in [-0.2, 0) is 19.1 Å². The van der Waals surface area contributed by atoms with Crippen LogP contribution in [0.15, 0.2) is 0 Å². The molecule has 0 aliphatic carbocycles. The van der Waals surface area contributed by atoms with Gasteiger partial charge in [-0.25, -0.2) is 0 Å². The van der Waals surface area contributed by atoms with Crippen LogP contribution in [0.25, 0.3) is 0 Å². The predicted molar refractivity (Wildman–Crippen MR) is 59.9 cm³/mol. The van der Waals surface area contributed by atoms with Gasteiger partial charge in [-0.15, -0.1) is 0 Å². The Morgan fingerprint density at radius 1 is 1.25 bits per heavy atom. The highest BCUT2D eigenvalue weighted by molar-refractivity contribution is 5.72. The van der Waals surface area contributed by atoms with Crippen LogP contribution in [0.5, 0.6) is 0 Å². The molecule has 1 atom stereocenters. The highest BCUT2D eigenvalue weighted by atomic mass is 16.6. The predicted octanol–water partition coefficient (Wildman–Crippen LogP) is 0.869. The number of carbonyl (C=O) groups excluding carboxylic acids is 2. The van der Waals surface area contributed by atoms with Gasteiger partial charge in [-0.05, 0) is 27.7 Å². The second-order valence-electron chi connectivity index (χ2n) is 4.65. The molecule has 0 heterocycles. The Morgan fingerprint density at radius 2 is 1.81 bits per heavy atom. The van der Waals surface area contributed by atoms with Crippen LogP contribution in [0, 0.1) is 0 Å². The van der Waals surface area contributed by atoms with Crippen LogP contribution in [0.1, 0.15) is 34.1 Å². The van der Waals surface area contributed by atoms with Crippen LogP contribution in [0.3, 0.4) is 0 Å². The first-order chi connectivity index (χ1) is 7.24. The molecule has 0 radical (unpaired) electrons. The smallest absolute Gasteiger partial charge is 0.320 e. The molecule has 0 rings (SSSR count). The Bertz CT molecular complexity index is 245. The van der Waals surface area contributed by atoms with Crippen molar-refractivity contribution < 1.29 is 19.1 Å². The molecule has 0 unspecified atom stereocenters. The van der Waals surface area contributed by atoms with Gasteiger partial charge in [0.25, 0.3) is 0 Å². The molecule has 0 aliphatic heterocycles. The number of methoxy groups -OCH3 is 1. The molecule has 1 N–H and O–H groups in total. The van der Waals surface area contributed by atoms with Gasteiger partial charge in [-0.3, -0.25) is 9.59 Å². The summed E-state index contributed by atoms with van der Waals surface area (Å²) in [6.07, 6.45) is 0.235. The highest BCUT2D eigenvalue weighted by Crippen LogP contribution is 2.06. The summed E-state index contributed by atoms with van der Waals surface area (Å²) < 4.78 is 9.61. The monoisotopic (exact) mass is 231 g/mol. The normalized spacial score (nSPS) is 13.1. The fourth-order valence-corrected chi connectivity index (χ4v) is 1.04. The molecule has 94 valence electrons. The average molecular weight is 231 g/mol. The first-order valence-corrected chi connectivity index (χ1v) is 5.26. The van der Waals surface area contributed by atoms with Crippen molar-refractivity contribution in [2.75, 3.05) is 13.7 Å². The standard InChI is InChI=1S/C11H21NO4/c1-8(6-9(13)15-5)12-7-10(14)16-11(2,3)4/h8,12H,6-7H2,1-5H3/t8-/m1/s1. The van der Waals surface area contributed by atoms with Gasteiger partial charge >= 0.3 is 11.9 Å². The van der Waals surface area contributed by atoms with Gasteiger partial charge in [-0.2, -0.15) is 0 Å². The van der Waals surface area contributed by atoms with Crippen molar-refractivity contribution in [3.05, 3.63) is 0 Å². The van der Waals surface area contributed by atoms with Crippen molar-refractivity contribution in [2.24, 2.45) is 0 Å². The molecule has 5 nitrogen and oxygen atoms in total. The second-order valence-corrected chi connectivity index (χ2v) is 4.65. The number of esters is 2. The van der Waals surface area contributed by atoms with E-state index in [-0.39, 0.29) is 30.9 Å². The summed E-state index contributed by atoms with van der Waals surface area (Å²) >= 11 is 0. The second kappa shape index (κ2) is 6.48. The molecule has 0 aliphatic rings. The Kier molecular flexibility index (Phi) is 6.03. The molecule has 0 aromatic heterocycles. The minimum atomic E-state index is -0.482. The average Bonchev–Trinajstić information content (AvgIpc) is 2.12. The molecular formula is C11H21NO4. The molecule has 0 fully saturated rings. The number of hydrogen-bond donors (Lipinski definition) is 1. The summed E-state index contributed by atoms with van der Waals surface area (Å²) in [5.41, 5.74) is -0.482. The third kappa shape index (κ3) is 8.23. The molecule has 0 amide bonds. The Hall–Kier alpha value is -1.10. The highest BCUT2D eigenvalue weighted by Gasteiger charge is 2.17. The SMILES string of the molecule is COC(=O)C[C@@H](C)NCC(=O)OC(C)(C)C. The van der Waals surface area contributed by atoms with Crippen molar-refractivity contribution >= 4 is 11.9 Å². The number of rotatable bonds is 5. The van der Waals surface area contributed by atoms with Gasteiger partial charge in [0.05, 0.1) is 20.1 Å². The topological polar surface area (TPSA) is 64.6 Å². The van der Waals surface area contributed by atoms with Gasteiger partial charge in [0.2, 0.25) is 0 Å². The Labute approximate surface area is 96.5 Å². The summed E-state index contributed by atoms with van der Waals surface area (Å²) in [5.74, 6) is -0.631. The van der Waals surface area contributed by atoms with E-state index in [9.17, 15) is 9.59 Å². The molecule has 0 aromatic carbocycles. The lowest BCUT2D eigenvalue weighted by atomic mass is 10.2. The van der Waals surface area contributed by atoms with Gasteiger partial charge < -0.3 is 14.8 Å². The van der Waals surface area contributed by atoms with Crippen LogP contribution in [0.4, 0.5) is 0 Å². The quantitative estimate of drug-likeness (QED) is 0.711. The molecule has 0 spiro atoms. The third-order valence-electron chi connectivity index (χ3n) is 1.72. The van der Waals surface area contributed by atoms with Crippen molar-refractivity contribution in [3.8, 4) is 0 Å². The number of hydrogen-bond acceptors (Lipinski definition) is 5. The fourth-order valence-electron chi connectivity index (χ4n) is 1.04. The van der Waals surface area contributed by atoms with Crippen LogP contribution in [0.2, 0.25) is 0 Å². The summed E-state index contributed by atoms with van der Waals surface area (Å²) in [7, 11) is 1.34. The molecule has 0 saturated carbocycles. The minimum absolute atomic E-state index is 0.0927. The van der Waals surface area contributed by atoms with E-state index in [1.54, 1.807) is 6.92 Å². The summed E-state index contributed by atoms with van der Waals surface area (Å²) in [4.78, 5) is 22.2. The van der Waals surface area contributed by atoms with E-state index in [2.05, 4.69) is 10.1 Å². The third-order valence-corrected chi connectivity index (χ3v) is 1.72. The van der Waals surface area contributed by atoms with Crippen molar-refractivity contribution in [3.63, 3.8) is 0 Å². The first kappa shape index (κ1) is 14.9. The van der Waals surface area contributed by atoms with Crippen molar-refractivity contribution in [1.82, 2.24) is 5.32 Å². The van der Waals surface area contributed by atoms with E-state index >= 15 is 0 Å². The lowest BCUT2D eigenvalue weighted by Crippen LogP contribution is -2.36. The molecule has 5 heteroatoms. The molecule has 0 saturated heterocycles. The van der Waals surface area contributed by atoms with E-state index in [0.29, 0.717) is 0 Å². The minimum Gasteiger partial charge on any atom is -0.469 e. The zero-order chi connectivity index (χ0) is 12.8. The lowest BCUT2D eigenvalue weighted by molar-refractivity contribution is -0.154. The van der Waals surface area contributed by atoms with E-state index in [1.807, 2.05) is 20.8 Å². The maximum absolute atomic E-state index is 11.3. The molecular weight excluding hydrogens is 210 g/mol. The molecule has 0 aromatic rings. The van der Waals surface area contributed by atoms with Crippen molar-refractivity contribution in [2.45, 2.75) is 45.8 Å². The number of ether oxygens (including phenoxy) is 2. The van der Waals surface area contributed by atoms with Crippen LogP contribution in [-0.4, -0.2) is 37.2 Å². The van der Waals surface area contributed by atoms with Gasteiger partial charge in [0.15, 0.2) is 0 Å². The number of nitrogens with one attached hydrogen (secondary N) is 1. The molecule has 16 heavy (non-hydrogen) atoms. The zero-order valence-electron chi connectivity index (χ0n) is 10.6. The van der Waals surface area contributed by atoms with Crippen molar-refractivity contribution in [1.29, 1.82) is 0 Å². The Morgan fingerprint density at radius 3 is 2.25 bits per heavy atom. The van der Waals surface area contributed by atoms with Crippen LogP contribution < -0.4 is 5.32 Å². The maximum atomic E-state index is 11.3. The van der Waals surface area contributed by atoms with E-state index < -0.39 is 5.60 Å². The van der Waals surface area contributed by atoms with Gasteiger partial charge in [0, 0.05) is 6.04 Å². The first-order valence-electron chi connectivity index (χ1n) is 5.26. The largest absolute Gasteiger partial charge is 0.469 e. The fraction of sp³-hybridized carbons (Fsp3) is 0.818. The Balaban J connectivity index is 3.79.